The van der Waals surface area contributed by atoms with Crippen LogP contribution < -0.4 is 0 Å². The summed E-state index contributed by atoms with van der Waals surface area (Å²) in [7, 11) is 0. The number of allylic oxidation sites excluding steroid dienone is 1. The van der Waals surface area contributed by atoms with Crippen LogP contribution in [0.2, 0.25) is 0 Å². The van der Waals surface area contributed by atoms with Crippen LogP contribution in [0, 0.1) is 11.3 Å². The van der Waals surface area contributed by atoms with Crippen LogP contribution in [0.25, 0.3) is 0 Å². The molecule has 1 rings (SSSR count). The first kappa shape index (κ1) is 10.3. The van der Waals surface area contributed by atoms with Crippen molar-refractivity contribution in [3.8, 4) is 0 Å². The van der Waals surface area contributed by atoms with E-state index in [1.807, 2.05) is 0 Å². The fraction of sp³-hybridized carbons (Fsp3) is 0.727. The summed E-state index contributed by atoms with van der Waals surface area (Å²) >= 11 is 0. The number of carbonyl (C=O) groups excluding carboxylic acids is 1. The third kappa shape index (κ3) is 2.11. The van der Waals surface area contributed by atoms with Crippen molar-refractivity contribution < 1.29 is 9.53 Å². The predicted octanol–water partition coefficient (Wildman–Crippen LogP) is 2.54. The predicted molar refractivity (Wildman–Crippen MR) is 52.3 cm³/mol. The molecule has 1 unspecified atom stereocenters. The van der Waals surface area contributed by atoms with E-state index in [0.29, 0.717) is 19.0 Å². The first-order valence-electron chi connectivity index (χ1n) is 4.82. The Morgan fingerprint density at radius 1 is 1.69 bits per heavy atom. The Balaban J connectivity index is 2.42. The lowest BCUT2D eigenvalue weighted by Gasteiger charge is -2.27. The van der Waals surface area contributed by atoms with Crippen LogP contribution >= 0.6 is 0 Å². The minimum absolute atomic E-state index is 0.228. The van der Waals surface area contributed by atoms with Crippen LogP contribution in [0.15, 0.2) is 12.2 Å². The van der Waals surface area contributed by atoms with E-state index in [1.54, 1.807) is 0 Å². The maximum Gasteiger partial charge on any atom is 0.293 e. The first-order chi connectivity index (χ1) is 6.09. The lowest BCUT2D eigenvalue weighted by molar-refractivity contribution is -0.129. The normalized spacial score (nSPS) is 26.0. The minimum Gasteiger partial charge on any atom is -0.468 e. The summed E-state index contributed by atoms with van der Waals surface area (Å²) in [5.41, 5.74) is 1.57. The minimum atomic E-state index is 0.228. The maximum atomic E-state index is 9.96. The van der Waals surface area contributed by atoms with Crippen molar-refractivity contribution in [3.63, 3.8) is 0 Å². The first-order valence-corrected chi connectivity index (χ1v) is 4.82. The number of ether oxygens (including phenoxy) is 1. The van der Waals surface area contributed by atoms with Crippen LogP contribution in [0.3, 0.4) is 0 Å². The largest absolute Gasteiger partial charge is 0.468 e. The molecule has 1 saturated carbocycles. The van der Waals surface area contributed by atoms with Gasteiger partial charge in [-0.15, -0.1) is 0 Å². The van der Waals surface area contributed by atoms with Gasteiger partial charge >= 0.3 is 0 Å². The highest BCUT2D eigenvalue weighted by Gasteiger charge is 2.36. The SMILES string of the molecule is C=C1CCC(CCOC=O)C1(C)C. The zero-order chi connectivity index (χ0) is 9.90. The van der Waals surface area contributed by atoms with E-state index in [4.69, 9.17) is 4.74 Å². The molecule has 1 fully saturated rings. The highest BCUT2D eigenvalue weighted by atomic mass is 16.5. The van der Waals surface area contributed by atoms with E-state index < -0.39 is 0 Å². The highest BCUT2D eigenvalue weighted by Crippen LogP contribution is 2.47. The Morgan fingerprint density at radius 2 is 2.38 bits per heavy atom. The van der Waals surface area contributed by atoms with Gasteiger partial charge in [-0.1, -0.05) is 26.0 Å². The van der Waals surface area contributed by atoms with Gasteiger partial charge in [-0.2, -0.15) is 0 Å². The second-order valence-electron chi connectivity index (χ2n) is 4.32. The average molecular weight is 182 g/mol. The van der Waals surface area contributed by atoms with Gasteiger partial charge in [0, 0.05) is 0 Å². The van der Waals surface area contributed by atoms with Crippen molar-refractivity contribution in [2.24, 2.45) is 11.3 Å². The summed E-state index contributed by atoms with van der Waals surface area (Å²) in [6.45, 7) is 9.61. The molecular weight excluding hydrogens is 164 g/mol. The molecule has 74 valence electrons. The molecule has 0 saturated heterocycles. The van der Waals surface area contributed by atoms with E-state index in [2.05, 4.69) is 20.4 Å². The summed E-state index contributed by atoms with van der Waals surface area (Å²) in [5, 5.41) is 0. The average Bonchev–Trinajstić information content (AvgIpc) is 2.32. The van der Waals surface area contributed by atoms with Gasteiger partial charge in [0.25, 0.3) is 6.47 Å². The second-order valence-corrected chi connectivity index (χ2v) is 4.32. The molecule has 0 N–H and O–H groups in total. The Hall–Kier alpha value is -0.790. The van der Waals surface area contributed by atoms with Crippen molar-refractivity contribution >= 4 is 6.47 Å². The highest BCUT2D eigenvalue weighted by molar-refractivity contribution is 5.36. The van der Waals surface area contributed by atoms with Gasteiger partial charge < -0.3 is 4.74 Å². The number of hydrogen-bond donors (Lipinski definition) is 0. The zero-order valence-electron chi connectivity index (χ0n) is 8.51. The monoisotopic (exact) mass is 182 g/mol. The Labute approximate surface area is 80.0 Å². The second kappa shape index (κ2) is 3.95. The summed E-state index contributed by atoms with van der Waals surface area (Å²) in [5.74, 6) is 0.625. The maximum absolute atomic E-state index is 9.96. The molecule has 0 aromatic heterocycles. The fourth-order valence-electron chi connectivity index (χ4n) is 2.08. The van der Waals surface area contributed by atoms with Crippen molar-refractivity contribution in [1.29, 1.82) is 0 Å². The van der Waals surface area contributed by atoms with E-state index in [1.165, 1.54) is 12.0 Å². The van der Waals surface area contributed by atoms with E-state index in [-0.39, 0.29) is 5.41 Å². The van der Waals surface area contributed by atoms with Gasteiger partial charge in [-0.05, 0) is 30.6 Å². The molecule has 0 bridgehead atoms. The molecule has 2 heteroatoms. The Morgan fingerprint density at radius 3 is 2.85 bits per heavy atom. The summed E-state index contributed by atoms with van der Waals surface area (Å²) in [4.78, 5) is 9.96. The van der Waals surface area contributed by atoms with E-state index in [9.17, 15) is 4.79 Å². The topological polar surface area (TPSA) is 26.3 Å². The van der Waals surface area contributed by atoms with Gasteiger partial charge in [-0.3, -0.25) is 4.79 Å². The van der Waals surface area contributed by atoms with Crippen molar-refractivity contribution in [2.75, 3.05) is 6.61 Å². The number of rotatable bonds is 4. The third-order valence-corrected chi connectivity index (χ3v) is 3.38. The van der Waals surface area contributed by atoms with Crippen LogP contribution in [-0.4, -0.2) is 13.1 Å². The van der Waals surface area contributed by atoms with Gasteiger partial charge in [0.2, 0.25) is 0 Å². The van der Waals surface area contributed by atoms with Crippen LogP contribution in [-0.2, 0) is 9.53 Å². The number of carbonyl (C=O) groups is 1. The molecule has 0 amide bonds. The molecule has 1 aliphatic rings. The van der Waals surface area contributed by atoms with Gasteiger partial charge in [0.1, 0.15) is 0 Å². The summed E-state index contributed by atoms with van der Waals surface area (Å²) < 4.78 is 4.71. The molecule has 0 spiro atoms. The molecule has 0 radical (unpaired) electrons. The van der Waals surface area contributed by atoms with Crippen molar-refractivity contribution in [3.05, 3.63) is 12.2 Å². The lowest BCUT2D eigenvalue weighted by Crippen LogP contribution is -2.20. The quantitative estimate of drug-likeness (QED) is 0.379. The van der Waals surface area contributed by atoms with Gasteiger partial charge in [0.15, 0.2) is 0 Å². The molecule has 1 atom stereocenters. The molecule has 2 nitrogen and oxygen atoms in total. The molecule has 0 aromatic carbocycles. The van der Waals surface area contributed by atoms with Gasteiger partial charge in [-0.25, -0.2) is 0 Å². The van der Waals surface area contributed by atoms with Crippen LogP contribution in [0.1, 0.15) is 33.1 Å². The van der Waals surface area contributed by atoms with Crippen LogP contribution in [0.4, 0.5) is 0 Å². The van der Waals surface area contributed by atoms with Gasteiger partial charge in [0.05, 0.1) is 6.61 Å². The molecule has 0 aliphatic heterocycles. The number of hydrogen-bond acceptors (Lipinski definition) is 2. The molecule has 0 heterocycles. The summed E-state index contributed by atoms with van der Waals surface area (Å²) in [6.07, 6.45) is 3.28. The third-order valence-electron chi connectivity index (χ3n) is 3.38. The van der Waals surface area contributed by atoms with E-state index in [0.717, 1.165) is 12.8 Å². The van der Waals surface area contributed by atoms with Crippen molar-refractivity contribution in [1.82, 2.24) is 0 Å². The molecule has 0 aromatic rings. The standard InChI is InChI=1S/C11H18O2/c1-9-4-5-10(11(9,2)3)6-7-13-8-12/h8,10H,1,4-7H2,2-3H3. The zero-order valence-corrected chi connectivity index (χ0v) is 8.51. The smallest absolute Gasteiger partial charge is 0.293 e. The Kier molecular flexibility index (Phi) is 3.12. The lowest BCUT2D eigenvalue weighted by atomic mass is 9.78. The van der Waals surface area contributed by atoms with Crippen LogP contribution in [0.5, 0.6) is 0 Å². The molecule has 13 heavy (non-hydrogen) atoms. The van der Waals surface area contributed by atoms with E-state index >= 15 is 0 Å². The Bertz CT molecular complexity index is 206. The van der Waals surface area contributed by atoms with Crippen molar-refractivity contribution in [2.45, 2.75) is 33.1 Å². The summed E-state index contributed by atoms with van der Waals surface area (Å²) in [6, 6.07) is 0. The molecule has 1 aliphatic carbocycles. The molecular formula is C11H18O2. The fourth-order valence-corrected chi connectivity index (χ4v) is 2.08.